The van der Waals surface area contributed by atoms with Crippen LogP contribution in [0, 0.1) is 0 Å². The van der Waals surface area contributed by atoms with Crippen molar-refractivity contribution in [1.29, 1.82) is 0 Å². The lowest BCUT2D eigenvalue weighted by atomic mass is 10.3. The number of nitrogens with zero attached hydrogens (tertiary/aromatic N) is 2. The van der Waals surface area contributed by atoms with Gasteiger partial charge in [0.15, 0.2) is 0 Å². The number of hydrogen-bond donors (Lipinski definition) is 1. The summed E-state index contributed by atoms with van der Waals surface area (Å²) >= 11 is 3.32. The molecule has 8 heteroatoms. The molecule has 0 bridgehead atoms. The van der Waals surface area contributed by atoms with E-state index in [9.17, 15) is 13.2 Å². The standard InChI is InChI=1S/C19H22BrN3O3S/c1-2-3-11-22-12-13-23(19(22)24)17-7-9-18(10-8-17)27(25,26)21-16-6-4-5-15(20)14-16/h4-10,14,21H,2-3,11-13H2,1H3. The second-order valence-electron chi connectivity index (χ2n) is 6.38. The quantitative estimate of drug-likeness (QED) is 0.682. The minimum atomic E-state index is -3.69. The maximum Gasteiger partial charge on any atom is 0.324 e. The molecule has 144 valence electrons. The molecule has 2 aromatic carbocycles. The third kappa shape index (κ3) is 4.62. The normalized spacial score (nSPS) is 14.7. The van der Waals surface area contributed by atoms with Crippen LogP contribution in [0.15, 0.2) is 57.9 Å². The van der Waals surface area contributed by atoms with Gasteiger partial charge in [0, 0.05) is 35.5 Å². The molecule has 0 aliphatic carbocycles. The van der Waals surface area contributed by atoms with Gasteiger partial charge in [-0.2, -0.15) is 0 Å². The van der Waals surface area contributed by atoms with E-state index in [2.05, 4.69) is 27.6 Å². The summed E-state index contributed by atoms with van der Waals surface area (Å²) in [6.07, 6.45) is 2.03. The van der Waals surface area contributed by atoms with E-state index in [1.165, 1.54) is 12.1 Å². The van der Waals surface area contributed by atoms with Gasteiger partial charge in [-0.1, -0.05) is 35.3 Å². The van der Waals surface area contributed by atoms with Crippen LogP contribution in [0.1, 0.15) is 19.8 Å². The van der Waals surface area contributed by atoms with Gasteiger partial charge in [-0.25, -0.2) is 13.2 Å². The first-order chi connectivity index (χ1) is 12.9. The highest BCUT2D eigenvalue weighted by Crippen LogP contribution is 2.24. The molecule has 0 saturated carbocycles. The second kappa shape index (κ2) is 8.31. The number of carbonyl (C=O) groups is 1. The lowest BCUT2D eigenvalue weighted by Gasteiger charge is -2.19. The van der Waals surface area contributed by atoms with Gasteiger partial charge in [0.2, 0.25) is 0 Å². The summed E-state index contributed by atoms with van der Waals surface area (Å²) in [4.78, 5) is 16.2. The molecule has 0 atom stereocenters. The summed E-state index contributed by atoms with van der Waals surface area (Å²) < 4.78 is 28.5. The Bertz CT molecular complexity index is 916. The van der Waals surface area contributed by atoms with Crippen LogP contribution in [0.4, 0.5) is 16.2 Å². The van der Waals surface area contributed by atoms with Gasteiger partial charge >= 0.3 is 6.03 Å². The minimum absolute atomic E-state index is 0.0219. The van der Waals surface area contributed by atoms with Gasteiger partial charge in [-0.05, 0) is 48.9 Å². The van der Waals surface area contributed by atoms with E-state index >= 15 is 0 Å². The number of amides is 2. The Morgan fingerprint density at radius 3 is 2.52 bits per heavy atom. The first-order valence-corrected chi connectivity index (χ1v) is 11.1. The molecule has 1 heterocycles. The molecule has 0 radical (unpaired) electrons. The molecule has 1 saturated heterocycles. The average Bonchev–Trinajstić information content (AvgIpc) is 3.00. The van der Waals surface area contributed by atoms with Crippen molar-refractivity contribution in [3.8, 4) is 0 Å². The lowest BCUT2D eigenvalue weighted by Crippen LogP contribution is -2.32. The highest BCUT2D eigenvalue weighted by Gasteiger charge is 2.29. The summed E-state index contributed by atoms with van der Waals surface area (Å²) in [5.74, 6) is 0. The van der Waals surface area contributed by atoms with Crippen molar-refractivity contribution >= 4 is 43.4 Å². The molecular weight excluding hydrogens is 430 g/mol. The number of anilines is 2. The Kier molecular flexibility index (Phi) is 6.06. The predicted molar refractivity (Wildman–Crippen MR) is 111 cm³/mol. The van der Waals surface area contributed by atoms with Crippen molar-refractivity contribution in [3.63, 3.8) is 0 Å². The van der Waals surface area contributed by atoms with Crippen molar-refractivity contribution < 1.29 is 13.2 Å². The molecule has 1 aliphatic heterocycles. The smallest absolute Gasteiger partial charge is 0.323 e. The fourth-order valence-corrected chi connectivity index (χ4v) is 4.40. The molecular formula is C19H22BrN3O3S. The van der Waals surface area contributed by atoms with Crippen molar-refractivity contribution in [2.75, 3.05) is 29.3 Å². The van der Waals surface area contributed by atoms with E-state index in [-0.39, 0.29) is 10.9 Å². The van der Waals surface area contributed by atoms with E-state index in [0.29, 0.717) is 24.5 Å². The number of benzene rings is 2. The third-order valence-corrected chi connectivity index (χ3v) is 6.30. The first-order valence-electron chi connectivity index (χ1n) is 8.85. The number of carbonyl (C=O) groups excluding carboxylic acids is 1. The molecule has 0 unspecified atom stereocenters. The highest BCUT2D eigenvalue weighted by atomic mass is 79.9. The van der Waals surface area contributed by atoms with Gasteiger partial charge in [0.05, 0.1) is 4.90 Å². The number of sulfonamides is 1. The van der Waals surface area contributed by atoms with Crippen LogP contribution in [0.5, 0.6) is 0 Å². The van der Waals surface area contributed by atoms with Crippen LogP contribution >= 0.6 is 15.9 Å². The van der Waals surface area contributed by atoms with E-state index in [1.54, 1.807) is 35.2 Å². The molecule has 0 spiro atoms. The van der Waals surface area contributed by atoms with Gasteiger partial charge in [0.25, 0.3) is 10.0 Å². The second-order valence-corrected chi connectivity index (χ2v) is 8.98. The fourth-order valence-electron chi connectivity index (χ4n) is 2.95. The van der Waals surface area contributed by atoms with Crippen LogP contribution in [0.25, 0.3) is 0 Å². The van der Waals surface area contributed by atoms with E-state index in [4.69, 9.17) is 0 Å². The van der Waals surface area contributed by atoms with Crippen molar-refractivity contribution in [3.05, 3.63) is 53.0 Å². The maximum atomic E-state index is 12.6. The topological polar surface area (TPSA) is 69.7 Å². The molecule has 1 aliphatic rings. The van der Waals surface area contributed by atoms with Crippen molar-refractivity contribution in [1.82, 2.24) is 4.90 Å². The number of hydrogen-bond acceptors (Lipinski definition) is 3. The predicted octanol–water partition coefficient (Wildman–Crippen LogP) is 4.29. The zero-order chi connectivity index (χ0) is 19.4. The summed E-state index contributed by atoms with van der Waals surface area (Å²) in [7, 11) is -3.69. The Balaban J connectivity index is 1.72. The molecule has 2 aromatic rings. The van der Waals surface area contributed by atoms with Crippen LogP contribution in [0.2, 0.25) is 0 Å². The summed E-state index contributed by atoms with van der Waals surface area (Å²) in [6.45, 7) is 4.17. The van der Waals surface area contributed by atoms with Crippen LogP contribution < -0.4 is 9.62 Å². The van der Waals surface area contributed by atoms with Crippen LogP contribution in [-0.2, 0) is 10.0 Å². The van der Waals surface area contributed by atoms with Gasteiger partial charge in [-0.15, -0.1) is 0 Å². The summed E-state index contributed by atoms with van der Waals surface area (Å²) in [6, 6.07) is 13.3. The molecule has 0 aromatic heterocycles. The fraction of sp³-hybridized carbons (Fsp3) is 0.316. The Morgan fingerprint density at radius 1 is 1.11 bits per heavy atom. The molecule has 2 amide bonds. The van der Waals surface area contributed by atoms with Gasteiger partial charge in [-0.3, -0.25) is 9.62 Å². The zero-order valence-electron chi connectivity index (χ0n) is 15.1. The first kappa shape index (κ1) is 19.7. The van der Waals surface area contributed by atoms with Gasteiger partial charge in [0.1, 0.15) is 0 Å². The highest BCUT2D eigenvalue weighted by molar-refractivity contribution is 9.10. The largest absolute Gasteiger partial charge is 0.324 e. The number of nitrogens with one attached hydrogen (secondary N) is 1. The summed E-state index contributed by atoms with van der Waals surface area (Å²) in [5.41, 5.74) is 1.19. The maximum absolute atomic E-state index is 12.6. The molecule has 27 heavy (non-hydrogen) atoms. The SMILES string of the molecule is CCCCN1CCN(c2ccc(S(=O)(=O)Nc3cccc(Br)c3)cc2)C1=O. The zero-order valence-corrected chi connectivity index (χ0v) is 17.5. The molecule has 1 N–H and O–H groups in total. The molecule has 1 fully saturated rings. The molecule has 3 rings (SSSR count). The van der Waals surface area contributed by atoms with E-state index in [0.717, 1.165) is 23.9 Å². The minimum Gasteiger partial charge on any atom is -0.323 e. The van der Waals surface area contributed by atoms with Crippen molar-refractivity contribution in [2.24, 2.45) is 0 Å². The number of urea groups is 1. The van der Waals surface area contributed by atoms with E-state index < -0.39 is 10.0 Å². The number of unbranched alkanes of at least 4 members (excludes halogenated alkanes) is 1. The lowest BCUT2D eigenvalue weighted by molar-refractivity contribution is 0.220. The molecule has 6 nitrogen and oxygen atoms in total. The Hall–Kier alpha value is -2.06. The van der Waals surface area contributed by atoms with Crippen LogP contribution in [0.3, 0.4) is 0 Å². The number of rotatable bonds is 7. The Labute approximate surface area is 168 Å². The van der Waals surface area contributed by atoms with Crippen LogP contribution in [-0.4, -0.2) is 39.0 Å². The average molecular weight is 452 g/mol. The Morgan fingerprint density at radius 2 is 1.85 bits per heavy atom. The third-order valence-electron chi connectivity index (χ3n) is 4.41. The monoisotopic (exact) mass is 451 g/mol. The van der Waals surface area contributed by atoms with Crippen molar-refractivity contribution in [2.45, 2.75) is 24.7 Å². The summed E-state index contributed by atoms with van der Waals surface area (Å²) in [5, 5.41) is 0. The van der Waals surface area contributed by atoms with E-state index in [1.807, 2.05) is 11.0 Å². The number of halogens is 1. The van der Waals surface area contributed by atoms with Gasteiger partial charge < -0.3 is 4.90 Å².